The molecule has 1 aromatic rings. The van der Waals surface area contributed by atoms with Gasteiger partial charge in [-0.15, -0.1) is 0 Å². The van der Waals surface area contributed by atoms with Crippen molar-refractivity contribution in [1.29, 1.82) is 5.26 Å². The largest absolute Gasteiger partial charge is 0.493 e. The third-order valence-electron chi connectivity index (χ3n) is 2.16. The molecule has 0 aliphatic carbocycles. The molecule has 3 heteroatoms. The second-order valence-corrected chi connectivity index (χ2v) is 2.95. The minimum absolute atomic E-state index is 0.0784. The van der Waals surface area contributed by atoms with Crippen LogP contribution in [0.4, 0.5) is 4.39 Å². The molecule has 0 amide bonds. The van der Waals surface area contributed by atoms with E-state index in [2.05, 4.69) is 0 Å². The third kappa shape index (κ3) is 1.25. The molecule has 0 N–H and O–H groups in total. The molecule has 13 heavy (non-hydrogen) atoms. The minimum Gasteiger partial charge on any atom is -0.493 e. The summed E-state index contributed by atoms with van der Waals surface area (Å²) < 4.78 is 18.5. The molecule has 2 rings (SSSR count). The highest BCUT2D eigenvalue weighted by molar-refractivity contribution is 5.45. The normalized spacial score (nSPS) is 13.2. The Morgan fingerprint density at radius 3 is 3.15 bits per heavy atom. The predicted octanol–water partition coefficient (Wildman–Crippen LogP) is 1.83. The Labute approximate surface area is 75.6 Å². The third-order valence-corrected chi connectivity index (χ3v) is 2.16. The van der Waals surface area contributed by atoms with Crippen molar-refractivity contribution in [1.82, 2.24) is 0 Å². The highest BCUT2D eigenvalue weighted by atomic mass is 19.1. The Morgan fingerprint density at radius 1 is 1.54 bits per heavy atom. The van der Waals surface area contributed by atoms with Crippen molar-refractivity contribution in [3.05, 3.63) is 29.1 Å². The Bertz CT molecular complexity index is 381. The van der Waals surface area contributed by atoms with Crippen LogP contribution in [0.5, 0.6) is 5.75 Å². The summed E-state index contributed by atoms with van der Waals surface area (Å²) in [6.07, 6.45) is 0.892. The zero-order chi connectivity index (χ0) is 9.26. The molecule has 0 saturated heterocycles. The fourth-order valence-corrected chi connectivity index (χ4v) is 1.54. The number of nitrogens with zero attached hydrogens (tertiary/aromatic N) is 1. The molecule has 1 aliphatic heterocycles. The second-order valence-electron chi connectivity index (χ2n) is 2.95. The van der Waals surface area contributed by atoms with Crippen LogP contribution in [0.25, 0.3) is 0 Å². The van der Waals surface area contributed by atoms with Crippen LogP contribution in [0.2, 0.25) is 0 Å². The number of benzene rings is 1. The summed E-state index contributed by atoms with van der Waals surface area (Å²) >= 11 is 0. The molecule has 0 radical (unpaired) electrons. The highest BCUT2D eigenvalue weighted by Crippen LogP contribution is 2.31. The first kappa shape index (κ1) is 8.06. The predicted molar refractivity (Wildman–Crippen MR) is 44.9 cm³/mol. The SMILES string of the molecule is N#CCc1c(F)ccc2c1OCC2. The lowest BCUT2D eigenvalue weighted by atomic mass is 10.1. The maximum absolute atomic E-state index is 13.2. The van der Waals surface area contributed by atoms with Gasteiger partial charge in [-0.2, -0.15) is 5.26 Å². The molecule has 66 valence electrons. The van der Waals surface area contributed by atoms with Gasteiger partial charge in [-0.3, -0.25) is 0 Å². The van der Waals surface area contributed by atoms with Crippen molar-refractivity contribution in [3.63, 3.8) is 0 Å². The fraction of sp³-hybridized carbons (Fsp3) is 0.300. The van der Waals surface area contributed by atoms with Crippen LogP contribution < -0.4 is 4.74 Å². The molecule has 0 atom stereocenters. The average Bonchev–Trinajstić information content (AvgIpc) is 2.58. The molecule has 0 aromatic heterocycles. The summed E-state index contributed by atoms with van der Waals surface area (Å²) in [6.45, 7) is 0.594. The first-order valence-electron chi connectivity index (χ1n) is 4.13. The lowest BCUT2D eigenvalue weighted by Crippen LogP contribution is -1.94. The Balaban J connectivity index is 2.53. The van der Waals surface area contributed by atoms with Gasteiger partial charge in [0.2, 0.25) is 0 Å². The Morgan fingerprint density at radius 2 is 2.38 bits per heavy atom. The summed E-state index contributed by atoms with van der Waals surface area (Å²) in [5.74, 6) is 0.240. The monoisotopic (exact) mass is 177 g/mol. The van der Waals surface area contributed by atoms with E-state index < -0.39 is 0 Å². The van der Waals surface area contributed by atoms with Crippen molar-refractivity contribution in [3.8, 4) is 11.8 Å². The molecule has 1 aromatic carbocycles. The number of ether oxygens (including phenoxy) is 1. The van der Waals surface area contributed by atoms with Crippen LogP contribution in [0.3, 0.4) is 0 Å². The molecular weight excluding hydrogens is 169 g/mol. The standard InChI is InChI=1S/C10H8FNO/c11-9-2-1-7-4-6-13-10(7)8(9)3-5-12/h1-2H,3-4,6H2. The van der Waals surface area contributed by atoms with Gasteiger partial charge in [0.15, 0.2) is 0 Å². The van der Waals surface area contributed by atoms with Crippen molar-refractivity contribution in [2.45, 2.75) is 12.8 Å². The van der Waals surface area contributed by atoms with Gasteiger partial charge < -0.3 is 4.74 Å². The molecule has 0 unspecified atom stereocenters. The lowest BCUT2D eigenvalue weighted by Gasteiger charge is -2.05. The lowest BCUT2D eigenvalue weighted by molar-refractivity contribution is 0.352. The summed E-state index contributed by atoms with van der Waals surface area (Å²) in [4.78, 5) is 0. The molecular formula is C10H8FNO. The van der Waals surface area contributed by atoms with Crippen molar-refractivity contribution < 1.29 is 9.13 Å². The van der Waals surface area contributed by atoms with Gasteiger partial charge in [0.25, 0.3) is 0 Å². The zero-order valence-corrected chi connectivity index (χ0v) is 7.01. The molecule has 1 heterocycles. The van der Waals surface area contributed by atoms with E-state index in [1.807, 2.05) is 6.07 Å². The molecule has 0 fully saturated rings. The first-order valence-corrected chi connectivity index (χ1v) is 4.13. The molecule has 0 bridgehead atoms. The minimum atomic E-state index is -0.345. The van der Waals surface area contributed by atoms with E-state index in [9.17, 15) is 4.39 Å². The quantitative estimate of drug-likeness (QED) is 0.655. The number of hydrogen-bond acceptors (Lipinski definition) is 2. The van der Waals surface area contributed by atoms with Crippen LogP contribution in [0, 0.1) is 17.1 Å². The first-order chi connectivity index (χ1) is 6.33. The van der Waals surface area contributed by atoms with Gasteiger partial charge in [0, 0.05) is 12.0 Å². The van der Waals surface area contributed by atoms with Crippen molar-refractivity contribution >= 4 is 0 Å². The van der Waals surface area contributed by atoms with E-state index in [0.29, 0.717) is 17.9 Å². The smallest absolute Gasteiger partial charge is 0.131 e. The van der Waals surface area contributed by atoms with E-state index in [4.69, 9.17) is 10.00 Å². The van der Waals surface area contributed by atoms with E-state index in [-0.39, 0.29) is 12.2 Å². The summed E-state index contributed by atoms with van der Waals surface area (Å²) in [5.41, 5.74) is 1.41. The van der Waals surface area contributed by atoms with Gasteiger partial charge in [-0.1, -0.05) is 6.07 Å². The van der Waals surface area contributed by atoms with E-state index in [1.54, 1.807) is 6.07 Å². The van der Waals surface area contributed by atoms with Crippen LogP contribution in [-0.4, -0.2) is 6.61 Å². The van der Waals surface area contributed by atoms with Crippen LogP contribution >= 0.6 is 0 Å². The van der Waals surface area contributed by atoms with Crippen molar-refractivity contribution in [2.24, 2.45) is 0 Å². The number of hydrogen-bond donors (Lipinski definition) is 0. The second kappa shape index (κ2) is 3.06. The van der Waals surface area contributed by atoms with E-state index in [1.165, 1.54) is 6.07 Å². The molecule has 1 aliphatic rings. The average molecular weight is 177 g/mol. The van der Waals surface area contributed by atoms with E-state index >= 15 is 0 Å². The molecule has 0 saturated carbocycles. The van der Waals surface area contributed by atoms with Crippen LogP contribution in [0.15, 0.2) is 12.1 Å². The summed E-state index contributed by atoms with van der Waals surface area (Å²) in [7, 11) is 0. The Kier molecular flexibility index (Phi) is 1.90. The number of fused-ring (bicyclic) bond motifs is 1. The number of halogens is 1. The van der Waals surface area contributed by atoms with Gasteiger partial charge in [-0.05, 0) is 11.6 Å². The Hall–Kier alpha value is -1.56. The van der Waals surface area contributed by atoms with Crippen LogP contribution in [-0.2, 0) is 12.8 Å². The van der Waals surface area contributed by atoms with Gasteiger partial charge in [0.05, 0.1) is 19.1 Å². The van der Waals surface area contributed by atoms with Gasteiger partial charge in [0.1, 0.15) is 11.6 Å². The number of rotatable bonds is 1. The van der Waals surface area contributed by atoms with E-state index in [0.717, 1.165) is 12.0 Å². The topological polar surface area (TPSA) is 33.0 Å². The summed E-state index contributed by atoms with van der Waals surface area (Å²) in [6, 6.07) is 5.06. The van der Waals surface area contributed by atoms with Crippen LogP contribution in [0.1, 0.15) is 11.1 Å². The highest BCUT2D eigenvalue weighted by Gasteiger charge is 2.18. The maximum Gasteiger partial charge on any atom is 0.131 e. The fourth-order valence-electron chi connectivity index (χ4n) is 1.54. The van der Waals surface area contributed by atoms with Crippen molar-refractivity contribution in [2.75, 3.05) is 6.61 Å². The molecule has 0 spiro atoms. The van der Waals surface area contributed by atoms with Gasteiger partial charge in [-0.25, -0.2) is 4.39 Å². The maximum atomic E-state index is 13.2. The summed E-state index contributed by atoms with van der Waals surface area (Å²) in [5, 5.41) is 8.50. The van der Waals surface area contributed by atoms with Gasteiger partial charge >= 0.3 is 0 Å². The zero-order valence-electron chi connectivity index (χ0n) is 7.01. The molecule has 2 nitrogen and oxygen atoms in total. The number of nitriles is 1.